The van der Waals surface area contributed by atoms with E-state index in [-0.39, 0.29) is 0 Å². The van der Waals surface area contributed by atoms with Crippen LogP contribution in [0.1, 0.15) is 30.6 Å². The summed E-state index contributed by atoms with van der Waals surface area (Å²) in [6.07, 6.45) is 2.43. The number of halogens is 2. The standard InChI is InChI=1S/C14H17ClFN3O/c1-3-6-19-14(11(15)8-18-19)13(17)10-5-4-9(20-2)7-12(10)16/h4-5,7-8,13H,3,6,17H2,1-2H3. The van der Waals surface area contributed by atoms with E-state index in [2.05, 4.69) is 5.10 Å². The van der Waals surface area contributed by atoms with Gasteiger partial charge in [-0.25, -0.2) is 4.39 Å². The molecule has 1 aromatic carbocycles. The van der Waals surface area contributed by atoms with E-state index < -0.39 is 11.9 Å². The molecular weight excluding hydrogens is 281 g/mol. The van der Waals surface area contributed by atoms with Gasteiger partial charge >= 0.3 is 0 Å². The lowest BCUT2D eigenvalue weighted by atomic mass is 10.0. The Kier molecular flexibility index (Phi) is 4.62. The Hall–Kier alpha value is -1.59. The van der Waals surface area contributed by atoms with E-state index in [0.29, 0.717) is 28.6 Å². The van der Waals surface area contributed by atoms with Crippen molar-refractivity contribution in [2.75, 3.05) is 7.11 Å². The van der Waals surface area contributed by atoms with Crippen molar-refractivity contribution in [1.82, 2.24) is 9.78 Å². The number of nitrogens with zero attached hydrogens (tertiary/aromatic N) is 2. The minimum Gasteiger partial charge on any atom is -0.497 e. The minimum atomic E-state index is -0.664. The van der Waals surface area contributed by atoms with Crippen molar-refractivity contribution in [2.45, 2.75) is 25.9 Å². The summed E-state index contributed by atoms with van der Waals surface area (Å²) in [7, 11) is 1.49. The number of aromatic nitrogens is 2. The Balaban J connectivity index is 2.40. The van der Waals surface area contributed by atoms with Crippen LogP contribution in [0.4, 0.5) is 4.39 Å². The van der Waals surface area contributed by atoms with Gasteiger partial charge in [0.2, 0.25) is 0 Å². The van der Waals surface area contributed by atoms with Gasteiger partial charge in [-0.15, -0.1) is 0 Å². The van der Waals surface area contributed by atoms with Gasteiger partial charge in [-0.05, 0) is 12.5 Å². The van der Waals surface area contributed by atoms with Crippen LogP contribution in [0.3, 0.4) is 0 Å². The van der Waals surface area contributed by atoms with Crippen molar-refractivity contribution < 1.29 is 9.13 Å². The Morgan fingerprint density at radius 2 is 2.25 bits per heavy atom. The summed E-state index contributed by atoms with van der Waals surface area (Å²) in [5.41, 5.74) is 7.15. The number of ether oxygens (including phenoxy) is 1. The van der Waals surface area contributed by atoms with E-state index in [1.165, 1.54) is 19.4 Å². The number of hydrogen-bond donors (Lipinski definition) is 1. The number of aryl methyl sites for hydroxylation is 1. The third kappa shape index (κ3) is 2.78. The number of hydrogen-bond acceptors (Lipinski definition) is 3. The summed E-state index contributed by atoms with van der Waals surface area (Å²) in [6, 6.07) is 3.93. The van der Waals surface area contributed by atoms with Crippen LogP contribution in [0.15, 0.2) is 24.4 Å². The highest BCUT2D eigenvalue weighted by molar-refractivity contribution is 6.31. The first-order chi connectivity index (χ1) is 9.58. The molecule has 0 radical (unpaired) electrons. The van der Waals surface area contributed by atoms with E-state index in [9.17, 15) is 4.39 Å². The molecule has 1 aromatic heterocycles. The molecule has 0 aliphatic heterocycles. The molecule has 1 atom stereocenters. The molecule has 0 saturated heterocycles. The Morgan fingerprint density at radius 1 is 1.50 bits per heavy atom. The van der Waals surface area contributed by atoms with Crippen LogP contribution in [0.25, 0.3) is 0 Å². The van der Waals surface area contributed by atoms with Crippen LogP contribution in [-0.2, 0) is 6.54 Å². The molecular formula is C14H17ClFN3O. The summed E-state index contributed by atoms with van der Waals surface area (Å²) in [6.45, 7) is 2.71. The fraction of sp³-hybridized carbons (Fsp3) is 0.357. The van der Waals surface area contributed by atoms with Crippen molar-refractivity contribution in [1.29, 1.82) is 0 Å². The Bertz CT molecular complexity index is 600. The lowest BCUT2D eigenvalue weighted by Gasteiger charge is -2.16. The van der Waals surface area contributed by atoms with Crippen molar-refractivity contribution in [2.24, 2.45) is 5.73 Å². The molecule has 2 rings (SSSR count). The molecule has 20 heavy (non-hydrogen) atoms. The molecule has 2 aromatic rings. The molecule has 0 saturated carbocycles. The van der Waals surface area contributed by atoms with Gasteiger partial charge in [0.15, 0.2) is 0 Å². The second-order valence-corrected chi connectivity index (χ2v) is 4.87. The van der Waals surface area contributed by atoms with Crippen LogP contribution < -0.4 is 10.5 Å². The topological polar surface area (TPSA) is 53.1 Å². The molecule has 0 aliphatic rings. The fourth-order valence-corrected chi connectivity index (χ4v) is 2.36. The van der Waals surface area contributed by atoms with Gasteiger partial charge in [0.1, 0.15) is 11.6 Å². The molecule has 0 bridgehead atoms. The molecule has 108 valence electrons. The van der Waals surface area contributed by atoms with Gasteiger partial charge in [0.05, 0.1) is 30.1 Å². The molecule has 0 spiro atoms. The predicted octanol–water partition coefficient (Wildman–Crippen LogP) is 3.14. The predicted molar refractivity (Wildman–Crippen MR) is 76.5 cm³/mol. The van der Waals surface area contributed by atoms with Gasteiger partial charge in [0, 0.05) is 18.2 Å². The molecule has 1 heterocycles. The summed E-state index contributed by atoms with van der Waals surface area (Å²) < 4.78 is 20.8. The lowest BCUT2D eigenvalue weighted by molar-refractivity contribution is 0.410. The number of methoxy groups -OCH3 is 1. The molecule has 1 unspecified atom stereocenters. The van der Waals surface area contributed by atoms with Crippen LogP contribution in [0.2, 0.25) is 5.02 Å². The third-order valence-corrected chi connectivity index (χ3v) is 3.40. The molecule has 2 N–H and O–H groups in total. The van der Waals surface area contributed by atoms with Gasteiger partial charge < -0.3 is 10.5 Å². The second-order valence-electron chi connectivity index (χ2n) is 4.47. The highest BCUT2D eigenvalue weighted by Crippen LogP contribution is 2.29. The zero-order valence-corrected chi connectivity index (χ0v) is 12.2. The maximum Gasteiger partial charge on any atom is 0.132 e. The van der Waals surface area contributed by atoms with Crippen molar-refractivity contribution >= 4 is 11.6 Å². The summed E-state index contributed by atoms with van der Waals surface area (Å²) in [5, 5.41) is 4.62. The van der Waals surface area contributed by atoms with Gasteiger partial charge in [0.25, 0.3) is 0 Å². The lowest BCUT2D eigenvalue weighted by Crippen LogP contribution is -2.19. The van der Waals surface area contributed by atoms with E-state index in [1.54, 1.807) is 16.8 Å². The SMILES string of the molecule is CCCn1ncc(Cl)c1C(N)c1ccc(OC)cc1F. The highest BCUT2D eigenvalue weighted by Gasteiger charge is 2.21. The average Bonchev–Trinajstić information content (AvgIpc) is 2.79. The average molecular weight is 298 g/mol. The highest BCUT2D eigenvalue weighted by atomic mass is 35.5. The van der Waals surface area contributed by atoms with Crippen molar-refractivity contribution in [3.63, 3.8) is 0 Å². The van der Waals surface area contributed by atoms with Crippen molar-refractivity contribution in [3.05, 3.63) is 46.5 Å². The summed E-state index contributed by atoms with van der Waals surface area (Å²) in [4.78, 5) is 0. The van der Waals surface area contributed by atoms with Gasteiger partial charge in [-0.2, -0.15) is 5.10 Å². The van der Waals surface area contributed by atoms with Gasteiger partial charge in [-0.3, -0.25) is 4.68 Å². The Morgan fingerprint density at radius 3 is 2.85 bits per heavy atom. The molecule has 0 aliphatic carbocycles. The molecule has 0 fully saturated rings. The largest absolute Gasteiger partial charge is 0.497 e. The first kappa shape index (κ1) is 14.8. The van der Waals surface area contributed by atoms with E-state index in [1.807, 2.05) is 6.92 Å². The van der Waals surface area contributed by atoms with Crippen LogP contribution in [0.5, 0.6) is 5.75 Å². The van der Waals surface area contributed by atoms with E-state index >= 15 is 0 Å². The van der Waals surface area contributed by atoms with E-state index in [0.717, 1.165) is 6.42 Å². The summed E-state index contributed by atoms with van der Waals surface area (Å²) >= 11 is 6.13. The second kappa shape index (κ2) is 6.24. The minimum absolute atomic E-state index is 0.366. The zero-order valence-electron chi connectivity index (χ0n) is 11.4. The van der Waals surface area contributed by atoms with Gasteiger partial charge in [-0.1, -0.05) is 24.6 Å². The maximum atomic E-state index is 14.1. The van der Waals surface area contributed by atoms with Crippen LogP contribution >= 0.6 is 11.6 Å². The van der Waals surface area contributed by atoms with E-state index in [4.69, 9.17) is 22.1 Å². The van der Waals surface area contributed by atoms with Crippen LogP contribution in [-0.4, -0.2) is 16.9 Å². The number of benzene rings is 1. The number of rotatable bonds is 5. The maximum absolute atomic E-state index is 14.1. The normalized spacial score (nSPS) is 12.4. The Labute approximate surface area is 122 Å². The fourth-order valence-electron chi connectivity index (χ4n) is 2.11. The summed E-state index contributed by atoms with van der Waals surface area (Å²) in [5.74, 6) is 0.0313. The monoisotopic (exact) mass is 297 g/mol. The zero-order chi connectivity index (χ0) is 14.7. The first-order valence-electron chi connectivity index (χ1n) is 6.38. The smallest absolute Gasteiger partial charge is 0.132 e. The van der Waals surface area contributed by atoms with Crippen molar-refractivity contribution in [3.8, 4) is 5.75 Å². The molecule has 0 amide bonds. The first-order valence-corrected chi connectivity index (χ1v) is 6.76. The van der Waals surface area contributed by atoms with Crippen LogP contribution in [0, 0.1) is 5.82 Å². The molecule has 6 heteroatoms. The third-order valence-electron chi connectivity index (χ3n) is 3.11. The molecule has 4 nitrogen and oxygen atoms in total. The quantitative estimate of drug-likeness (QED) is 0.922. The number of nitrogens with two attached hydrogens (primary N) is 1.